The standard InChI is InChI=1S/C18H19NO2/c1-2-4-14(5-3-1)12-19-8-6-15-10-17-18(21-13-20-17)11-16(15)7-9-19/h1-5,10-11H,6-9,12-13H2. The van der Waals surface area contributed by atoms with Gasteiger partial charge in [0.2, 0.25) is 6.79 Å². The van der Waals surface area contributed by atoms with E-state index < -0.39 is 0 Å². The van der Waals surface area contributed by atoms with Crippen molar-refractivity contribution < 1.29 is 9.47 Å². The van der Waals surface area contributed by atoms with Crippen molar-refractivity contribution in [3.05, 3.63) is 59.2 Å². The predicted octanol–water partition coefficient (Wildman–Crippen LogP) is 3.02. The first-order valence-electron chi connectivity index (χ1n) is 7.56. The van der Waals surface area contributed by atoms with E-state index in [1.54, 1.807) is 0 Å². The fourth-order valence-electron chi connectivity index (χ4n) is 3.16. The maximum absolute atomic E-state index is 5.49. The van der Waals surface area contributed by atoms with E-state index in [9.17, 15) is 0 Å². The minimum Gasteiger partial charge on any atom is -0.454 e. The normalized spacial score (nSPS) is 17.3. The van der Waals surface area contributed by atoms with Crippen LogP contribution in [0.15, 0.2) is 42.5 Å². The number of rotatable bonds is 2. The van der Waals surface area contributed by atoms with E-state index in [2.05, 4.69) is 47.4 Å². The molecule has 0 N–H and O–H groups in total. The Labute approximate surface area is 125 Å². The molecule has 0 spiro atoms. The monoisotopic (exact) mass is 281 g/mol. The van der Waals surface area contributed by atoms with Crippen LogP contribution in [0.25, 0.3) is 0 Å². The summed E-state index contributed by atoms with van der Waals surface area (Å²) in [5.74, 6) is 1.82. The molecular formula is C18H19NO2. The van der Waals surface area contributed by atoms with Crippen molar-refractivity contribution in [1.29, 1.82) is 0 Å². The van der Waals surface area contributed by atoms with Crippen molar-refractivity contribution in [3.8, 4) is 11.5 Å². The molecule has 3 heteroatoms. The smallest absolute Gasteiger partial charge is 0.231 e. The van der Waals surface area contributed by atoms with Crippen LogP contribution in [0.5, 0.6) is 11.5 Å². The molecule has 108 valence electrons. The Morgan fingerprint density at radius 1 is 0.857 bits per heavy atom. The fourth-order valence-corrected chi connectivity index (χ4v) is 3.16. The maximum Gasteiger partial charge on any atom is 0.231 e. The number of benzene rings is 2. The van der Waals surface area contributed by atoms with Crippen LogP contribution in [0, 0.1) is 0 Å². The number of hydrogen-bond acceptors (Lipinski definition) is 3. The molecule has 3 nitrogen and oxygen atoms in total. The van der Waals surface area contributed by atoms with Crippen LogP contribution in [0.2, 0.25) is 0 Å². The molecule has 0 bridgehead atoms. The number of fused-ring (bicyclic) bond motifs is 2. The Morgan fingerprint density at radius 2 is 1.48 bits per heavy atom. The van der Waals surface area contributed by atoms with E-state index in [-0.39, 0.29) is 0 Å². The van der Waals surface area contributed by atoms with Crippen molar-refractivity contribution in [2.24, 2.45) is 0 Å². The molecule has 0 saturated carbocycles. The molecule has 0 unspecified atom stereocenters. The highest BCUT2D eigenvalue weighted by Gasteiger charge is 2.20. The summed E-state index contributed by atoms with van der Waals surface area (Å²) in [7, 11) is 0. The second kappa shape index (κ2) is 5.41. The molecule has 2 aliphatic heterocycles. The third-order valence-electron chi connectivity index (χ3n) is 4.34. The Hall–Kier alpha value is -2.00. The van der Waals surface area contributed by atoms with E-state index >= 15 is 0 Å². The summed E-state index contributed by atoms with van der Waals surface area (Å²) in [5.41, 5.74) is 4.21. The number of ether oxygens (including phenoxy) is 2. The zero-order valence-electron chi connectivity index (χ0n) is 12.0. The highest BCUT2D eigenvalue weighted by molar-refractivity contribution is 5.49. The first-order valence-corrected chi connectivity index (χ1v) is 7.56. The number of hydrogen-bond donors (Lipinski definition) is 0. The van der Waals surface area contributed by atoms with E-state index in [0.29, 0.717) is 6.79 Å². The zero-order chi connectivity index (χ0) is 14.1. The largest absolute Gasteiger partial charge is 0.454 e. The summed E-state index contributed by atoms with van der Waals surface area (Å²) in [6.07, 6.45) is 2.16. The van der Waals surface area contributed by atoms with Gasteiger partial charge in [0.15, 0.2) is 11.5 Å². The predicted molar refractivity (Wildman–Crippen MR) is 81.7 cm³/mol. The summed E-state index contributed by atoms with van der Waals surface area (Å²) in [4.78, 5) is 2.53. The molecule has 4 rings (SSSR count). The maximum atomic E-state index is 5.49. The third kappa shape index (κ3) is 2.61. The molecule has 21 heavy (non-hydrogen) atoms. The molecule has 0 fully saturated rings. The van der Waals surface area contributed by atoms with Gasteiger partial charge >= 0.3 is 0 Å². The fraction of sp³-hybridized carbons (Fsp3) is 0.333. The average molecular weight is 281 g/mol. The lowest BCUT2D eigenvalue weighted by atomic mass is 10.0. The van der Waals surface area contributed by atoms with Crippen LogP contribution < -0.4 is 9.47 Å². The summed E-state index contributed by atoms with van der Waals surface area (Å²) < 4.78 is 11.0. The Bertz CT molecular complexity index is 604. The van der Waals surface area contributed by atoms with Crippen LogP contribution in [0.4, 0.5) is 0 Å². The second-order valence-electron chi connectivity index (χ2n) is 5.74. The van der Waals surface area contributed by atoms with Gasteiger partial charge in [0.25, 0.3) is 0 Å². The Morgan fingerprint density at radius 3 is 2.10 bits per heavy atom. The molecule has 2 aliphatic rings. The van der Waals surface area contributed by atoms with Crippen LogP contribution in [0.1, 0.15) is 16.7 Å². The zero-order valence-corrected chi connectivity index (χ0v) is 12.0. The van der Waals surface area contributed by atoms with Gasteiger partial charge < -0.3 is 9.47 Å². The molecular weight excluding hydrogens is 262 g/mol. The van der Waals surface area contributed by atoms with Gasteiger partial charge in [-0.2, -0.15) is 0 Å². The third-order valence-corrected chi connectivity index (χ3v) is 4.34. The van der Waals surface area contributed by atoms with E-state index in [0.717, 1.165) is 44.0 Å². The highest BCUT2D eigenvalue weighted by Crippen LogP contribution is 2.36. The number of nitrogens with zero attached hydrogens (tertiary/aromatic N) is 1. The molecule has 0 radical (unpaired) electrons. The van der Waals surface area contributed by atoms with Crippen molar-refractivity contribution in [2.75, 3.05) is 19.9 Å². The van der Waals surface area contributed by atoms with E-state index in [4.69, 9.17) is 9.47 Å². The summed E-state index contributed by atoms with van der Waals surface area (Å²) >= 11 is 0. The Kier molecular flexibility index (Phi) is 3.28. The van der Waals surface area contributed by atoms with Gasteiger partial charge in [-0.3, -0.25) is 4.90 Å². The summed E-state index contributed by atoms with van der Waals surface area (Å²) in [5, 5.41) is 0. The summed E-state index contributed by atoms with van der Waals surface area (Å²) in [6.45, 7) is 3.59. The molecule has 0 aliphatic carbocycles. The van der Waals surface area contributed by atoms with E-state index in [1.807, 2.05) is 0 Å². The van der Waals surface area contributed by atoms with Gasteiger partial charge in [-0.25, -0.2) is 0 Å². The lowest BCUT2D eigenvalue weighted by molar-refractivity contribution is 0.174. The lowest BCUT2D eigenvalue weighted by Gasteiger charge is -2.19. The molecule has 2 aromatic carbocycles. The second-order valence-corrected chi connectivity index (χ2v) is 5.74. The molecule has 0 aromatic heterocycles. The van der Waals surface area contributed by atoms with Crippen molar-refractivity contribution in [2.45, 2.75) is 19.4 Å². The van der Waals surface area contributed by atoms with Crippen LogP contribution in [0.3, 0.4) is 0 Å². The highest BCUT2D eigenvalue weighted by atomic mass is 16.7. The van der Waals surface area contributed by atoms with Gasteiger partial charge in [-0.05, 0) is 41.7 Å². The minimum absolute atomic E-state index is 0.359. The van der Waals surface area contributed by atoms with Gasteiger partial charge in [0.1, 0.15) is 0 Å². The quantitative estimate of drug-likeness (QED) is 0.844. The van der Waals surface area contributed by atoms with Crippen LogP contribution in [-0.4, -0.2) is 24.8 Å². The molecule has 2 aromatic rings. The molecule has 0 atom stereocenters. The topological polar surface area (TPSA) is 21.7 Å². The van der Waals surface area contributed by atoms with Crippen molar-refractivity contribution in [1.82, 2.24) is 4.90 Å². The minimum atomic E-state index is 0.359. The van der Waals surface area contributed by atoms with E-state index in [1.165, 1.54) is 16.7 Å². The SMILES string of the molecule is c1ccc(CN2CCc3cc4c(cc3CC2)OCO4)cc1. The molecule has 0 saturated heterocycles. The van der Waals surface area contributed by atoms with Crippen molar-refractivity contribution >= 4 is 0 Å². The first-order chi connectivity index (χ1) is 10.4. The van der Waals surface area contributed by atoms with Crippen LogP contribution in [-0.2, 0) is 19.4 Å². The first kappa shape index (κ1) is 12.7. The molecule has 2 heterocycles. The van der Waals surface area contributed by atoms with Gasteiger partial charge in [-0.1, -0.05) is 30.3 Å². The van der Waals surface area contributed by atoms with Crippen molar-refractivity contribution in [3.63, 3.8) is 0 Å². The average Bonchev–Trinajstić information content (AvgIpc) is 2.88. The molecule has 0 amide bonds. The lowest BCUT2D eigenvalue weighted by Crippen LogP contribution is -2.25. The van der Waals surface area contributed by atoms with Gasteiger partial charge in [0, 0.05) is 19.6 Å². The van der Waals surface area contributed by atoms with Gasteiger partial charge in [-0.15, -0.1) is 0 Å². The van der Waals surface area contributed by atoms with Crippen LogP contribution >= 0.6 is 0 Å². The summed E-state index contributed by atoms with van der Waals surface area (Å²) in [6, 6.07) is 15.0. The Balaban J connectivity index is 1.50. The van der Waals surface area contributed by atoms with Gasteiger partial charge in [0.05, 0.1) is 0 Å².